The van der Waals surface area contributed by atoms with E-state index in [0.29, 0.717) is 22.5 Å². The van der Waals surface area contributed by atoms with Gasteiger partial charge in [0.05, 0.1) is 21.3 Å². The lowest BCUT2D eigenvalue weighted by molar-refractivity contribution is -0.137. The highest BCUT2D eigenvalue weighted by Crippen LogP contribution is 2.32. The van der Waals surface area contributed by atoms with Gasteiger partial charge in [-0.05, 0) is 36.4 Å². The molecule has 0 fully saturated rings. The summed E-state index contributed by atoms with van der Waals surface area (Å²) in [5.41, 5.74) is 3.15. The molecule has 3 nitrogen and oxygen atoms in total. The first-order valence-corrected chi connectivity index (χ1v) is 8.96. The van der Waals surface area contributed by atoms with Gasteiger partial charge in [-0.25, -0.2) is 0 Å². The summed E-state index contributed by atoms with van der Waals surface area (Å²) in [5, 5.41) is 4.72. The van der Waals surface area contributed by atoms with Crippen LogP contribution in [0.2, 0.25) is 15.1 Å². The minimum Gasteiger partial charge on any atom is -0.278 e. The molecule has 3 aromatic rings. The molecule has 0 unspecified atom stereocenters. The topological polar surface area (TPSA) is 37.3 Å². The van der Waals surface area contributed by atoms with Gasteiger partial charge in [-0.3, -0.25) is 10.4 Å². The minimum atomic E-state index is -4.56. The Morgan fingerprint density at radius 2 is 1.64 bits per heavy atom. The van der Waals surface area contributed by atoms with Crippen molar-refractivity contribution in [2.24, 2.45) is 5.10 Å². The third kappa shape index (κ3) is 4.76. The zero-order chi connectivity index (χ0) is 20.3. The van der Waals surface area contributed by atoms with E-state index in [1.807, 2.05) is 6.07 Å². The number of aromatic nitrogens is 1. The van der Waals surface area contributed by atoms with Crippen LogP contribution in [0, 0.1) is 0 Å². The third-order valence-corrected chi connectivity index (χ3v) is 4.49. The number of alkyl halides is 3. The first-order valence-electron chi connectivity index (χ1n) is 7.83. The minimum absolute atomic E-state index is 0.0438. The van der Waals surface area contributed by atoms with Gasteiger partial charge in [0.1, 0.15) is 11.4 Å². The molecule has 0 saturated heterocycles. The zero-order valence-corrected chi connectivity index (χ0v) is 16.2. The smallest absolute Gasteiger partial charge is 0.278 e. The summed E-state index contributed by atoms with van der Waals surface area (Å²) in [6.07, 6.45) is -3.87. The second kappa shape index (κ2) is 8.39. The van der Waals surface area contributed by atoms with Crippen molar-refractivity contribution < 1.29 is 13.2 Å². The Morgan fingerprint density at radius 1 is 0.929 bits per heavy atom. The normalized spacial score (nSPS) is 12.1. The van der Waals surface area contributed by atoms with Crippen LogP contribution in [-0.4, -0.2) is 10.7 Å². The molecule has 144 valence electrons. The summed E-state index contributed by atoms with van der Waals surface area (Å²) in [7, 11) is 0. The van der Waals surface area contributed by atoms with Crippen molar-refractivity contribution in [1.82, 2.24) is 4.98 Å². The van der Waals surface area contributed by atoms with E-state index in [1.54, 1.807) is 36.4 Å². The van der Waals surface area contributed by atoms with E-state index in [0.717, 1.165) is 6.07 Å². The SMILES string of the molecule is FC(F)(F)c1cnc(/C(=N\Nc2ccccc2)c2ccc(Cl)cc2Cl)c(Cl)c1. The maximum Gasteiger partial charge on any atom is 0.417 e. The van der Waals surface area contributed by atoms with E-state index in [9.17, 15) is 13.2 Å². The molecule has 0 aliphatic carbocycles. The standard InChI is InChI=1S/C19H11Cl3F3N3/c20-12-6-7-14(15(21)9-12)17(28-27-13-4-2-1-3-5-13)18-16(22)8-11(10-26-18)19(23,24)25/h1-10,27H/b28-17-. The van der Waals surface area contributed by atoms with E-state index < -0.39 is 11.7 Å². The van der Waals surface area contributed by atoms with Crippen LogP contribution in [0.5, 0.6) is 0 Å². The van der Waals surface area contributed by atoms with Crippen molar-refractivity contribution in [2.45, 2.75) is 6.18 Å². The van der Waals surface area contributed by atoms with Crippen LogP contribution < -0.4 is 5.43 Å². The number of hydrazone groups is 1. The van der Waals surface area contributed by atoms with Gasteiger partial charge < -0.3 is 0 Å². The summed E-state index contributed by atoms with van der Waals surface area (Å²) in [6.45, 7) is 0. The average Bonchev–Trinajstić information content (AvgIpc) is 2.64. The third-order valence-electron chi connectivity index (χ3n) is 3.65. The number of hydrogen-bond acceptors (Lipinski definition) is 3. The largest absolute Gasteiger partial charge is 0.417 e. The van der Waals surface area contributed by atoms with Crippen LogP contribution in [-0.2, 0) is 6.18 Å². The van der Waals surface area contributed by atoms with Gasteiger partial charge in [0.15, 0.2) is 0 Å². The van der Waals surface area contributed by atoms with Gasteiger partial charge >= 0.3 is 6.18 Å². The molecule has 1 aromatic heterocycles. The molecule has 3 rings (SSSR count). The maximum atomic E-state index is 12.9. The fourth-order valence-corrected chi connectivity index (χ4v) is 3.08. The van der Waals surface area contributed by atoms with Crippen LogP contribution in [0.25, 0.3) is 0 Å². The lowest BCUT2D eigenvalue weighted by atomic mass is 10.1. The van der Waals surface area contributed by atoms with Crippen LogP contribution in [0.3, 0.4) is 0 Å². The Kier molecular flexibility index (Phi) is 6.13. The van der Waals surface area contributed by atoms with Crippen molar-refractivity contribution in [2.75, 3.05) is 5.43 Å². The van der Waals surface area contributed by atoms with E-state index >= 15 is 0 Å². The Hall–Kier alpha value is -2.28. The number of nitrogens with one attached hydrogen (secondary N) is 1. The molecule has 0 radical (unpaired) electrons. The molecule has 0 aliphatic heterocycles. The summed E-state index contributed by atoms with van der Waals surface area (Å²) in [6, 6.07) is 14.4. The number of nitrogens with zero attached hydrogens (tertiary/aromatic N) is 2. The Labute approximate surface area is 173 Å². The van der Waals surface area contributed by atoms with E-state index in [2.05, 4.69) is 15.5 Å². The average molecular weight is 445 g/mol. The first-order chi connectivity index (χ1) is 13.3. The van der Waals surface area contributed by atoms with Gasteiger partial charge in [0, 0.05) is 16.8 Å². The Bertz CT molecular complexity index is 1020. The van der Waals surface area contributed by atoms with Crippen molar-refractivity contribution in [3.8, 4) is 0 Å². The van der Waals surface area contributed by atoms with Gasteiger partial charge in [-0.2, -0.15) is 18.3 Å². The number of hydrogen-bond donors (Lipinski definition) is 1. The van der Waals surface area contributed by atoms with Crippen molar-refractivity contribution in [3.05, 3.63) is 92.7 Å². The second-order valence-electron chi connectivity index (χ2n) is 5.61. The number of anilines is 1. The fraction of sp³-hybridized carbons (Fsp3) is 0.0526. The molecule has 0 amide bonds. The predicted molar refractivity (Wildman–Crippen MR) is 106 cm³/mol. The van der Waals surface area contributed by atoms with Gasteiger partial charge in [-0.1, -0.05) is 53.0 Å². The molecule has 0 aliphatic rings. The van der Waals surface area contributed by atoms with Crippen molar-refractivity contribution in [1.29, 1.82) is 0 Å². The number of rotatable bonds is 4. The van der Waals surface area contributed by atoms with E-state index in [-0.39, 0.29) is 21.5 Å². The molecule has 28 heavy (non-hydrogen) atoms. The quantitative estimate of drug-likeness (QED) is 0.350. The number of para-hydroxylation sites is 1. The second-order valence-corrected chi connectivity index (χ2v) is 6.87. The molecule has 0 bridgehead atoms. The highest BCUT2D eigenvalue weighted by atomic mass is 35.5. The van der Waals surface area contributed by atoms with E-state index in [1.165, 1.54) is 6.07 Å². The van der Waals surface area contributed by atoms with Crippen LogP contribution in [0.4, 0.5) is 18.9 Å². The van der Waals surface area contributed by atoms with Crippen LogP contribution in [0.15, 0.2) is 65.9 Å². The van der Waals surface area contributed by atoms with Gasteiger partial charge in [0.25, 0.3) is 0 Å². The monoisotopic (exact) mass is 443 g/mol. The molecule has 0 saturated carbocycles. The zero-order valence-electron chi connectivity index (χ0n) is 13.9. The Morgan fingerprint density at radius 3 is 2.25 bits per heavy atom. The number of pyridine rings is 1. The van der Waals surface area contributed by atoms with Crippen molar-refractivity contribution in [3.63, 3.8) is 0 Å². The van der Waals surface area contributed by atoms with Gasteiger partial charge in [-0.15, -0.1) is 0 Å². The van der Waals surface area contributed by atoms with Gasteiger partial charge in [0.2, 0.25) is 0 Å². The summed E-state index contributed by atoms with van der Waals surface area (Å²) in [4.78, 5) is 3.88. The van der Waals surface area contributed by atoms with E-state index in [4.69, 9.17) is 34.8 Å². The molecular formula is C19H11Cl3F3N3. The van der Waals surface area contributed by atoms with Crippen LogP contribution >= 0.6 is 34.8 Å². The molecule has 2 aromatic carbocycles. The summed E-state index contributed by atoms with van der Waals surface area (Å²) in [5.74, 6) is 0. The number of halogens is 6. The van der Waals surface area contributed by atoms with Crippen molar-refractivity contribution >= 4 is 46.2 Å². The lowest BCUT2D eigenvalue weighted by Crippen LogP contribution is -2.13. The predicted octanol–water partition coefficient (Wildman–Crippen LogP) is 6.93. The molecule has 9 heteroatoms. The summed E-state index contributed by atoms with van der Waals surface area (Å²) < 4.78 is 38.8. The highest BCUT2D eigenvalue weighted by molar-refractivity contribution is 6.39. The van der Waals surface area contributed by atoms with Crippen LogP contribution in [0.1, 0.15) is 16.8 Å². The summed E-state index contributed by atoms with van der Waals surface area (Å²) >= 11 is 18.3. The lowest BCUT2D eigenvalue weighted by Gasteiger charge is -2.13. The highest BCUT2D eigenvalue weighted by Gasteiger charge is 2.32. The molecule has 0 atom stereocenters. The Balaban J connectivity index is 2.11. The number of benzene rings is 2. The molecule has 0 spiro atoms. The fourth-order valence-electron chi connectivity index (χ4n) is 2.32. The maximum absolute atomic E-state index is 12.9. The molecule has 1 heterocycles. The molecule has 1 N–H and O–H groups in total. The first kappa shape index (κ1) is 20.5. The molecular weight excluding hydrogens is 434 g/mol.